The average molecular weight is 309 g/mol. The van der Waals surface area contributed by atoms with Gasteiger partial charge in [-0.3, -0.25) is 9.89 Å². The van der Waals surface area contributed by atoms with Crippen LogP contribution in [0.1, 0.15) is 46.7 Å². The van der Waals surface area contributed by atoms with Crippen molar-refractivity contribution in [1.82, 2.24) is 15.1 Å². The van der Waals surface area contributed by atoms with Gasteiger partial charge in [-0.2, -0.15) is 5.10 Å². The number of benzene rings is 1. The molecule has 2 aromatic rings. The molecule has 1 fully saturated rings. The lowest BCUT2D eigenvalue weighted by molar-refractivity contribution is -0.129. The first-order valence-electron chi connectivity index (χ1n) is 8.59. The number of H-pyrrole nitrogens is 1. The number of aromatic amines is 1. The normalized spacial score (nSPS) is 20.0. The second kappa shape index (κ2) is 5.84. The summed E-state index contributed by atoms with van der Waals surface area (Å²) in [6, 6.07) is 6.59. The Morgan fingerprint density at radius 3 is 3.04 bits per heavy atom. The lowest BCUT2D eigenvalue weighted by atomic mass is 10.0. The minimum atomic E-state index is 0.252. The summed E-state index contributed by atoms with van der Waals surface area (Å²) in [5.74, 6) is 0.657. The first-order valence-corrected chi connectivity index (χ1v) is 8.59. The quantitative estimate of drug-likeness (QED) is 0.948. The van der Waals surface area contributed by atoms with Crippen molar-refractivity contribution in [3.8, 4) is 0 Å². The Morgan fingerprint density at radius 1 is 1.35 bits per heavy atom. The summed E-state index contributed by atoms with van der Waals surface area (Å²) < 4.78 is 0. The summed E-state index contributed by atoms with van der Waals surface area (Å²) >= 11 is 0. The number of hydrogen-bond acceptors (Lipinski definition) is 2. The predicted octanol–water partition coefficient (Wildman–Crippen LogP) is 2.77. The SMILES string of the molecule is Cc1cn[nH]c1[C@H]1CCN(C(=O)Cc2ccc3c(c2)CCC3)C1. The van der Waals surface area contributed by atoms with Gasteiger partial charge in [-0.05, 0) is 54.9 Å². The van der Waals surface area contributed by atoms with Crippen LogP contribution in [0.25, 0.3) is 0 Å². The topological polar surface area (TPSA) is 49.0 Å². The van der Waals surface area contributed by atoms with Gasteiger partial charge >= 0.3 is 0 Å². The number of nitrogens with one attached hydrogen (secondary N) is 1. The molecule has 0 unspecified atom stereocenters. The van der Waals surface area contributed by atoms with Crippen molar-refractivity contribution in [2.75, 3.05) is 13.1 Å². The van der Waals surface area contributed by atoms with Crippen molar-refractivity contribution < 1.29 is 4.79 Å². The Labute approximate surface area is 136 Å². The van der Waals surface area contributed by atoms with E-state index in [9.17, 15) is 4.79 Å². The summed E-state index contributed by atoms with van der Waals surface area (Å²) in [6.45, 7) is 3.74. The molecule has 2 heterocycles. The number of fused-ring (bicyclic) bond motifs is 1. The van der Waals surface area contributed by atoms with Gasteiger partial charge in [0.15, 0.2) is 0 Å². The average Bonchev–Trinajstić information content (AvgIpc) is 3.25. The first-order chi connectivity index (χ1) is 11.2. The standard InChI is InChI=1S/C19H23N3O/c1-13-11-20-21-19(13)17-7-8-22(12-17)18(23)10-14-5-6-15-3-2-4-16(15)9-14/h5-6,9,11,17H,2-4,7-8,10,12H2,1H3,(H,20,21)/t17-/m0/s1. The van der Waals surface area contributed by atoms with Gasteiger partial charge in [0.1, 0.15) is 0 Å². The minimum absolute atomic E-state index is 0.252. The Kier molecular flexibility index (Phi) is 3.68. The van der Waals surface area contributed by atoms with E-state index >= 15 is 0 Å². The van der Waals surface area contributed by atoms with Crippen molar-refractivity contribution in [3.63, 3.8) is 0 Å². The summed E-state index contributed by atoms with van der Waals surface area (Å²) in [7, 11) is 0. The van der Waals surface area contributed by atoms with Crippen LogP contribution in [0.15, 0.2) is 24.4 Å². The Balaban J connectivity index is 1.41. The van der Waals surface area contributed by atoms with Crippen LogP contribution in [-0.2, 0) is 24.1 Å². The van der Waals surface area contributed by atoms with E-state index in [4.69, 9.17) is 0 Å². The summed E-state index contributed by atoms with van der Waals surface area (Å²) in [4.78, 5) is 14.6. The molecule has 2 aliphatic rings. The number of likely N-dealkylation sites (tertiary alicyclic amines) is 1. The molecule has 0 saturated carbocycles. The second-order valence-electron chi connectivity index (χ2n) is 6.93. The molecule has 1 saturated heterocycles. The second-order valence-corrected chi connectivity index (χ2v) is 6.93. The van der Waals surface area contributed by atoms with E-state index in [1.807, 2.05) is 11.1 Å². The zero-order chi connectivity index (χ0) is 15.8. The summed E-state index contributed by atoms with van der Waals surface area (Å²) in [5.41, 5.74) is 6.47. The molecule has 0 radical (unpaired) electrons. The third kappa shape index (κ3) is 2.78. The number of nitrogens with zero attached hydrogens (tertiary/aromatic N) is 2. The van der Waals surface area contributed by atoms with Crippen molar-refractivity contribution in [1.29, 1.82) is 0 Å². The summed E-state index contributed by atoms with van der Waals surface area (Å²) in [6.07, 6.45) is 7.04. The molecule has 1 aromatic heterocycles. The van der Waals surface area contributed by atoms with Crippen molar-refractivity contribution in [2.45, 2.75) is 44.9 Å². The molecule has 1 N–H and O–H groups in total. The van der Waals surface area contributed by atoms with Gasteiger partial charge < -0.3 is 4.90 Å². The molecule has 1 aromatic carbocycles. The van der Waals surface area contributed by atoms with E-state index in [1.165, 1.54) is 41.6 Å². The molecule has 23 heavy (non-hydrogen) atoms. The van der Waals surface area contributed by atoms with Crippen molar-refractivity contribution >= 4 is 5.91 Å². The van der Waals surface area contributed by atoms with Gasteiger partial charge in [-0.15, -0.1) is 0 Å². The van der Waals surface area contributed by atoms with Crippen LogP contribution in [-0.4, -0.2) is 34.1 Å². The van der Waals surface area contributed by atoms with Crippen LogP contribution in [0.5, 0.6) is 0 Å². The molecule has 0 bridgehead atoms. The highest BCUT2D eigenvalue weighted by Gasteiger charge is 2.29. The van der Waals surface area contributed by atoms with Crippen molar-refractivity contribution in [2.24, 2.45) is 0 Å². The van der Waals surface area contributed by atoms with Crippen LogP contribution in [0, 0.1) is 6.92 Å². The molecular weight excluding hydrogens is 286 g/mol. The van der Waals surface area contributed by atoms with E-state index in [-0.39, 0.29) is 5.91 Å². The number of aryl methyl sites for hydroxylation is 3. The number of carbonyl (C=O) groups excluding carboxylic acids is 1. The van der Waals surface area contributed by atoms with E-state index in [0.717, 1.165) is 25.1 Å². The lowest BCUT2D eigenvalue weighted by Gasteiger charge is -2.17. The monoisotopic (exact) mass is 309 g/mol. The Morgan fingerprint density at radius 2 is 2.22 bits per heavy atom. The third-order valence-electron chi connectivity index (χ3n) is 5.34. The Bertz CT molecular complexity index is 734. The third-order valence-corrected chi connectivity index (χ3v) is 5.34. The predicted molar refractivity (Wildman–Crippen MR) is 89.4 cm³/mol. The molecular formula is C19H23N3O. The maximum absolute atomic E-state index is 12.6. The molecule has 1 atom stereocenters. The van der Waals surface area contributed by atoms with Crippen LogP contribution in [0.4, 0.5) is 0 Å². The maximum atomic E-state index is 12.6. The largest absolute Gasteiger partial charge is 0.342 e. The molecule has 4 nitrogen and oxygen atoms in total. The van der Waals surface area contributed by atoms with E-state index < -0.39 is 0 Å². The van der Waals surface area contributed by atoms with Gasteiger partial charge in [0, 0.05) is 24.7 Å². The van der Waals surface area contributed by atoms with Crippen LogP contribution in [0.3, 0.4) is 0 Å². The number of aromatic nitrogens is 2. The number of hydrogen-bond donors (Lipinski definition) is 1. The van der Waals surface area contributed by atoms with Gasteiger partial charge in [-0.25, -0.2) is 0 Å². The maximum Gasteiger partial charge on any atom is 0.227 e. The van der Waals surface area contributed by atoms with E-state index in [0.29, 0.717) is 12.3 Å². The molecule has 1 aliphatic carbocycles. The fraction of sp³-hybridized carbons (Fsp3) is 0.474. The zero-order valence-electron chi connectivity index (χ0n) is 13.6. The smallest absolute Gasteiger partial charge is 0.227 e. The Hall–Kier alpha value is -2.10. The number of rotatable bonds is 3. The van der Waals surface area contributed by atoms with Gasteiger partial charge in [-0.1, -0.05) is 18.2 Å². The van der Waals surface area contributed by atoms with E-state index in [1.54, 1.807) is 0 Å². The molecule has 4 heteroatoms. The van der Waals surface area contributed by atoms with Crippen LogP contribution < -0.4 is 0 Å². The fourth-order valence-corrected chi connectivity index (χ4v) is 4.01. The van der Waals surface area contributed by atoms with E-state index in [2.05, 4.69) is 35.3 Å². The molecule has 1 amide bonds. The summed E-state index contributed by atoms with van der Waals surface area (Å²) in [5, 5.41) is 7.21. The van der Waals surface area contributed by atoms with Crippen LogP contribution in [0.2, 0.25) is 0 Å². The number of carbonyl (C=O) groups is 1. The highest BCUT2D eigenvalue weighted by Crippen LogP contribution is 2.28. The molecule has 120 valence electrons. The molecule has 0 spiro atoms. The fourth-order valence-electron chi connectivity index (χ4n) is 4.01. The highest BCUT2D eigenvalue weighted by atomic mass is 16.2. The van der Waals surface area contributed by atoms with Crippen molar-refractivity contribution in [3.05, 3.63) is 52.3 Å². The molecule has 4 rings (SSSR count). The lowest BCUT2D eigenvalue weighted by Crippen LogP contribution is -2.30. The zero-order valence-corrected chi connectivity index (χ0v) is 13.6. The minimum Gasteiger partial charge on any atom is -0.342 e. The van der Waals surface area contributed by atoms with Gasteiger partial charge in [0.05, 0.1) is 12.6 Å². The number of amides is 1. The van der Waals surface area contributed by atoms with Gasteiger partial charge in [0.2, 0.25) is 5.91 Å². The first kappa shape index (κ1) is 14.5. The molecule has 1 aliphatic heterocycles. The van der Waals surface area contributed by atoms with Crippen LogP contribution >= 0.6 is 0 Å². The van der Waals surface area contributed by atoms with Gasteiger partial charge in [0.25, 0.3) is 0 Å². The highest BCUT2D eigenvalue weighted by molar-refractivity contribution is 5.79.